The molecule has 0 bridgehead atoms. The number of benzene rings is 1. The third-order valence-electron chi connectivity index (χ3n) is 3.47. The van der Waals surface area contributed by atoms with Gasteiger partial charge in [0.1, 0.15) is 0 Å². The minimum absolute atomic E-state index is 0.0183. The molecule has 0 saturated heterocycles. The number of hydrogen-bond donors (Lipinski definition) is 1. The molecule has 4 nitrogen and oxygen atoms in total. The van der Waals surface area contributed by atoms with E-state index in [-0.39, 0.29) is 6.04 Å². The van der Waals surface area contributed by atoms with Gasteiger partial charge in [-0.3, -0.25) is 0 Å². The minimum atomic E-state index is -0.0183. The van der Waals surface area contributed by atoms with Crippen LogP contribution < -0.4 is 5.73 Å². The van der Waals surface area contributed by atoms with Gasteiger partial charge in [-0.2, -0.15) is 0 Å². The van der Waals surface area contributed by atoms with Crippen LogP contribution >= 0.6 is 0 Å². The fraction of sp³-hybridized carbons (Fsp3) is 0.429. The molecule has 0 saturated carbocycles. The number of nitrogens with two attached hydrogens (primary N) is 1. The molecule has 0 aliphatic rings. The first-order valence-corrected chi connectivity index (χ1v) is 6.49. The average Bonchev–Trinajstić information content (AvgIpc) is 2.90. The maximum Gasteiger partial charge on any atom is 0.0815 e. The van der Waals surface area contributed by atoms with Crippen molar-refractivity contribution < 1.29 is 0 Å². The van der Waals surface area contributed by atoms with E-state index < -0.39 is 0 Å². The van der Waals surface area contributed by atoms with E-state index in [0.717, 1.165) is 24.2 Å². The van der Waals surface area contributed by atoms with Crippen molar-refractivity contribution in [1.82, 2.24) is 15.0 Å². The molecule has 1 heterocycles. The molecule has 0 amide bonds. The second-order valence-electron chi connectivity index (χ2n) is 4.51. The molecule has 2 aromatic rings. The van der Waals surface area contributed by atoms with Crippen LogP contribution in [-0.2, 0) is 0 Å². The van der Waals surface area contributed by atoms with E-state index in [4.69, 9.17) is 5.73 Å². The smallest absolute Gasteiger partial charge is 0.0815 e. The van der Waals surface area contributed by atoms with Crippen molar-refractivity contribution in [3.8, 4) is 5.69 Å². The summed E-state index contributed by atoms with van der Waals surface area (Å²) in [4.78, 5) is 0. The van der Waals surface area contributed by atoms with Gasteiger partial charge in [-0.25, -0.2) is 4.68 Å². The van der Waals surface area contributed by atoms with Crippen molar-refractivity contribution in [2.75, 3.05) is 0 Å². The number of para-hydroxylation sites is 1. The molecular weight excluding hydrogens is 224 g/mol. The van der Waals surface area contributed by atoms with E-state index in [2.05, 4.69) is 24.2 Å². The SMILES string of the molecule is CCC(CC)C(N)c1cnnn1-c1ccccc1. The van der Waals surface area contributed by atoms with Crippen molar-refractivity contribution in [2.24, 2.45) is 11.7 Å². The Labute approximate surface area is 108 Å². The maximum absolute atomic E-state index is 6.34. The summed E-state index contributed by atoms with van der Waals surface area (Å²) in [5.74, 6) is 0.464. The molecule has 0 radical (unpaired) electrons. The second-order valence-corrected chi connectivity index (χ2v) is 4.51. The van der Waals surface area contributed by atoms with Gasteiger partial charge in [-0.05, 0) is 18.1 Å². The Bertz CT molecular complexity index is 474. The van der Waals surface area contributed by atoms with Gasteiger partial charge >= 0.3 is 0 Å². The van der Waals surface area contributed by atoms with Crippen LogP contribution in [0.4, 0.5) is 0 Å². The Kier molecular flexibility index (Phi) is 4.10. The Morgan fingerprint density at radius 1 is 1.17 bits per heavy atom. The fourth-order valence-corrected chi connectivity index (χ4v) is 2.28. The standard InChI is InChI=1S/C14H20N4/c1-3-11(4-2)14(15)13-10-16-17-18(13)12-8-6-5-7-9-12/h5-11,14H,3-4,15H2,1-2H3. The number of rotatable bonds is 5. The average molecular weight is 244 g/mol. The Morgan fingerprint density at radius 3 is 2.44 bits per heavy atom. The number of aromatic nitrogens is 3. The summed E-state index contributed by atoms with van der Waals surface area (Å²) in [6, 6.07) is 9.97. The molecule has 18 heavy (non-hydrogen) atoms. The summed E-state index contributed by atoms with van der Waals surface area (Å²) in [7, 11) is 0. The van der Waals surface area contributed by atoms with Gasteiger partial charge in [0, 0.05) is 0 Å². The molecule has 0 aliphatic heterocycles. The van der Waals surface area contributed by atoms with E-state index in [1.807, 2.05) is 35.0 Å². The zero-order chi connectivity index (χ0) is 13.0. The normalized spacial score (nSPS) is 12.9. The molecule has 2 N–H and O–H groups in total. The molecule has 1 unspecified atom stereocenters. The molecule has 1 aromatic carbocycles. The quantitative estimate of drug-likeness (QED) is 0.879. The topological polar surface area (TPSA) is 56.7 Å². The molecule has 4 heteroatoms. The highest BCUT2D eigenvalue weighted by atomic mass is 15.4. The largest absolute Gasteiger partial charge is 0.322 e. The van der Waals surface area contributed by atoms with Gasteiger partial charge in [0.05, 0.1) is 23.6 Å². The lowest BCUT2D eigenvalue weighted by molar-refractivity contribution is 0.393. The Balaban J connectivity index is 2.33. The summed E-state index contributed by atoms with van der Waals surface area (Å²) in [5, 5.41) is 8.15. The predicted octanol–water partition coefficient (Wildman–Crippen LogP) is 2.70. The third kappa shape index (κ3) is 2.43. The van der Waals surface area contributed by atoms with Gasteiger partial charge in [0.25, 0.3) is 0 Å². The van der Waals surface area contributed by atoms with Crippen molar-refractivity contribution in [3.05, 3.63) is 42.2 Å². The van der Waals surface area contributed by atoms with Crippen molar-refractivity contribution in [2.45, 2.75) is 32.7 Å². The molecule has 2 rings (SSSR count). The van der Waals surface area contributed by atoms with Crippen LogP contribution in [0.2, 0.25) is 0 Å². The van der Waals surface area contributed by atoms with Crippen LogP contribution in [0.15, 0.2) is 36.5 Å². The van der Waals surface area contributed by atoms with Crippen molar-refractivity contribution >= 4 is 0 Å². The van der Waals surface area contributed by atoms with Crippen LogP contribution in [0, 0.1) is 5.92 Å². The van der Waals surface area contributed by atoms with Gasteiger partial charge in [0.15, 0.2) is 0 Å². The summed E-state index contributed by atoms with van der Waals surface area (Å²) >= 11 is 0. The molecule has 0 spiro atoms. The highest BCUT2D eigenvalue weighted by molar-refractivity contribution is 5.32. The van der Waals surface area contributed by atoms with Crippen LogP contribution in [0.5, 0.6) is 0 Å². The monoisotopic (exact) mass is 244 g/mol. The van der Waals surface area contributed by atoms with Crippen molar-refractivity contribution in [1.29, 1.82) is 0 Å². The van der Waals surface area contributed by atoms with Crippen molar-refractivity contribution in [3.63, 3.8) is 0 Å². The maximum atomic E-state index is 6.34. The third-order valence-corrected chi connectivity index (χ3v) is 3.47. The van der Waals surface area contributed by atoms with E-state index in [1.165, 1.54) is 0 Å². The first kappa shape index (κ1) is 12.8. The van der Waals surface area contributed by atoms with Gasteiger partial charge in [-0.1, -0.05) is 50.1 Å². The molecular formula is C14H20N4. The lowest BCUT2D eigenvalue weighted by Gasteiger charge is -2.21. The molecule has 96 valence electrons. The van der Waals surface area contributed by atoms with Gasteiger partial charge < -0.3 is 5.73 Å². The van der Waals surface area contributed by atoms with E-state index >= 15 is 0 Å². The molecule has 0 aliphatic carbocycles. The first-order valence-electron chi connectivity index (χ1n) is 6.49. The zero-order valence-electron chi connectivity index (χ0n) is 11.0. The second kappa shape index (κ2) is 5.78. The highest BCUT2D eigenvalue weighted by Gasteiger charge is 2.20. The van der Waals surface area contributed by atoms with Crippen LogP contribution in [0.25, 0.3) is 5.69 Å². The highest BCUT2D eigenvalue weighted by Crippen LogP contribution is 2.25. The fourth-order valence-electron chi connectivity index (χ4n) is 2.28. The number of nitrogens with zero attached hydrogens (tertiary/aromatic N) is 3. The summed E-state index contributed by atoms with van der Waals surface area (Å²) in [5.41, 5.74) is 8.33. The lowest BCUT2D eigenvalue weighted by Crippen LogP contribution is -2.23. The van der Waals surface area contributed by atoms with Crippen LogP contribution in [0.3, 0.4) is 0 Å². The minimum Gasteiger partial charge on any atom is -0.322 e. The number of hydrogen-bond acceptors (Lipinski definition) is 3. The zero-order valence-corrected chi connectivity index (χ0v) is 11.0. The molecule has 1 atom stereocenters. The lowest BCUT2D eigenvalue weighted by atomic mass is 9.93. The van der Waals surface area contributed by atoms with E-state index in [9.17, 15) is 0 Å². The Hall–Kier alpha value is -1.68. The van der Waals surface area contributed by atoms with Crippen LogP contribution in [-0.4, -0.2) is 15.0 Å². The summed E-state index contributed by atoms with van der Waals surface area (Å²) in [6.45, 7) is 4.34. The predicted molar refractivity (Wildman–Crippen MR) is 72.4 cm³/mol. The van der Waals surface area contributed by atoms with Gasteiger partial charge in [-0.15, -0.1) is 5.10 Å². The van der Waals surface area contributed by atoms with Crippen LogP contribution in [0.1, 0.15) is 38.4 Å². The summed E-state index contributed by atoms with van der Waals surface area (Å²) < 4.78 is 1.84. The van der Waals surface area contributed by atoms with Gasteiger partial charge in [0.2, 0.25) is 0 Å². The first-order chi connectivity index (χ1) is 8.77. The Morgan fingerprint density at radius 2 is 1.83 bits per heavy atom. The molecule has 0 fully saturated rings. The van der Waals surface area contributed by atoms with E-state index in [0.29, 0.717) is 5.92 Å². The molecule has 1 aromatic heterocycles. The van der Waals surface area contributed by atoms with E-state index in [1.54, 1.807) is 6.20 Å². The summed E-state index contributed by atoms with van der Waals surface area (Å²) in [6.07, 6.45) is 3.91.